The van der Waals surface area contributed by atoms with E-state index in [1.54, 1.807) is 0 Å². The normalized spacial score (nSPS) is 17.6. The summed E-state index contributed by atoms with van der Waals surface area (Å²) in [6, 6.07) is 14.8. The van der Waals surface area contributed by atoms with E-state index in [9.17, 15) is 9.18 Å². The van der Waals surface area contributed by atoms with Gasteiger partial charge in [-0.2, -0.15) is 0 Å². The lowest BCUT2D eigenvalue weighted by molar-refractivity contribution is 0.225. The second kappa shape index (κ2) is 5.97. The Morgan fingerprint density at radius 3 is 2.50 bits per heavy atom. The lowest BCUT2D eigenvalue weighted by Gasteiger charge is -2.25. The third kappa shape index (κ3) is 2.83. The lowest BCUT2D eigenvalue weighted by atomic mass is 10.1. The number of nitrogens with one attached hydrogen (secondary N) is 2. The Kier molecular flexibility index (Phi) is 3.87. The zero-order valence-corrected chi connectivity index (χ0v) is 11.9. The van der Waals surface area contributed by atoms with Crippen molar-refractivity contribution in [3.8, 4) is 0 Å². The molecule has 1 fully saturated rings. The topological polar surface area (TPSA) is 56.2 Å². The van der Waals surface area contributed by atoms with Gasteiger partial charge in [-0.1, -0.05) is 30.3 Å². The van der Waals surface area contributed by atoms with Gasteiger partial charge >= 0.3 is 6.03 Å². The van der Waals surface area contributed by atoms with Gasteiger partial charge in [0.15, 0.2) is 0 Å². The van der Waals surface area contributed by atoms with E-state index in [-0.39, 0.29) is 17.9 Å². The monoisotopic (exact) mass is 297 g/mol. The Hall–Kier alpha value is -2.69. The summed E-state index contributed by atoms with van der Waals surface area (Å²) in [7, 11) is 0. The van der Waals surface area contributed by atoms with Gasteiger partial charge in [-0.05, 0) is 36.2 Å². The van der Waals surface area contributed by atoms with E-state index in [4.69, 9.17) is 5.41 Å². The number of carbonyl (C=O) groups is 1. The van der Waals surface area contributed by atoms with Crippen molar-refractivity contribution in [3.63, 3.8) is 0 Å². The van der Waals surface area contributed by atoms with Crippen molar-refractivity contribution in [2.24, 2.45) is 0 Å². The lowest BCUT2D eigenvalue weighted by Crippen LogP contribution is -2.37. The van der Waals surface area contributed by atoms with Crippen LogP contribution in [0.1, 0.15) is 24.4 Å². The van der Waals surface area contributed by atoms with Crippen molar-refractivity contribution in [2.75, 3.05) is 5.32 Å². The number of amidine groups is 1. The Morgan fingerprint density at radius 2 is 1.82 bits per heavy atom. The van der Waals surface area contributed by atoms with Crippen LogP contribution in [0.2, 0.25) is 0 Å². The van der Waals surface area contributed by atoms with Gasteiger partial charge in [-0.25, -0.2) is 9.18 Å². The van der Waals surface area contributed by atoms with E-state index in [1.165, 1.54) is 29.2 Å². The van der Waals surface area contributed by atoms with Crippen molar-refractivity contribution in [3.05, 3.63) is 66.0 Å². The maximum absolute atomic E-state index is 12.9. The Balaban J connectivity index is 1.80. The van der Waals surface area contributed by atoms with Crippen LogP contribution in [0.15, 0.2) is 54.6 Å². The van der Waals surface area contributed by atoms with Crippen LogP contribution in [-0.4, -0.2) is 16.8 Å². The van der Waals surface area contributed by atoms with Gasteiger partial charge in [0.05, 0.1) is 6.04 Å². The smallest absolute Gasteiger partial charge is 0.307 e. The molecule has 0 radical (unpaired) electrons. The van der Waals surface area contributed by atoms with E-state index < -0.39 is 0 Å². The van der Waals surface area contributed by atoms with E-state index in [2.05, 4.69) is 5.32 Å². The minimum atomic E-state index is -0.358. The molecule has 0 spiro atoms. The molecule has 1 aliphatic heterocycles. The number of urea groups is 1. The van der Waals surface area contributed by atoms with E-state index in [0.717, 1.165) is 12.0 Å². The number of hydrogen-bond donors (Lipinski definition) is 2. The van der Waals surface area contributed by atoms with Crippen molar-refractivity contribution in [1.29, 1.82) is 5.41 Å². The second-order valence-corrected chi connectivity index (χ2v) is 5.22. The first-order valence-electron chi connectivity index (χ1n) is 7.13. The van der Waals surface area contributed by atoms with E-state index in [1.807, 2.05) is 30.3 Å². The first-order valence-corrected chi connectivity index (χ1v) is 7.13. The predicted molar refractivity (Wildman–Crippen MR) is 83.4 cm³/mol. The quantitative estimate of drug-likeness (QED) is 0.858. The highest BCUT2D eigenvalue weighted by Crippen LogP contribution is 2.33. The molecule has 5 heteroatoms. The summed E-state index contributed by atoms with van der Waals surface area (Å²) in [4.78, 5) is 13.9. The Bertz CT molecular complexity index is 685. The molecule has 2 N–H and O–H groups in total. The minimum Gasteiger partial charge on any atom is -0.307 e. The third-order valence-electron chi connectivity index (χ3n) is 3.76. The van der Waals surface area contributed by atoms with Gasteiger partial charge in [0.1, 0.15) is 11.7 Å². The molecular weight excluding hydrogens is 281 g/mol. The predicted octanol–water partition coefficient (Wildman–Crippen LogP) is 4.17. The van der Waals surface area contributed by atoms with Crippen molar-refractivity contribution in [2.45, 2.75) is 18.9 Å². The molecule has 1 aliphatic rings. The van der Waals surface area contributed by atoms with Crippen LogP contribution in [0.25, 0.3) is 0 Å². The standard InChI is InChI=1S/C17H16FN3O/c18-13-6-8-14(9-7-13)20-17(22)21-15(10-11-16(21)19)12-4-2-1-3-5-12/h1-9,15,19H,10-11H2,(H,20,22). The Labute approximate surface area is 128 Å². The molecule has 22 heavy (non-hydrogen) atoms. The second-order valence-electron chi connectivity index (χ2n) is 5.22. The van der Waals surface area contributed by atoms with Crippen LogP contribution >= 0.6 is 0 Å². The summed E-state index contributed by atoms with van der Waals surface area (Å²) in [5.74, 6) is -0.0532. The molecule has 0 aromatic heterocycles. The number of anilines is 1. The van der Waals surface area contributed by atoms with Gasteiger partial charge in [0, 0.05) is 12.1 Å². The van der Waals surface area contributed by atoms with Crippen molar-refractivity contribution >= 4 is 17.6 Å². The van der Waals surface area contributed by atoms with Crippen molar-refractivity contribution in [1.82, 2.24) is 4.90 Å². The number of rotatable bonds is 2. The maximum Gasteiger partial charge on any atom is 0.327 e. The minimum absolute atomic E-state index is 0.130. The third-order valence-corrected chi connectivity index (χ3v) is 3.76. The molecular formula is C17H16FN3O. The van der Waals surface area contributed by atoms with Crippen LogP contribution < -0.4 is 5.32 Å². The number of amides is 2. The summed E-state index contributed by atoms with van der Waals surface area (Å²) in [5.41, 5.74) is 1.52. The molecule has 0 aliphatic carbocycles. The molecule has 0 bridgehead atoms. The Morgan fingerprint density at radius 1 is 1.14 bits per heavy atom. The number of nitrogens with zero attached hydrogens (tertiary/aromatic N) is 1. The molecule has 2 aromatic carbocycles. The fourth-order valence-electron chi connectivity index (χ4n) is 2.68. The van der Waals surface area contributed by atoms with Gasteiger partial charge in [-0.3, -0.25) is 10.3 Å². The molecule has 1 saturated heterocycles. The molecule has 3 rings (SSSR count). The van der Waals surface area contributed by atoms with E-state index in [0.29, 0.717) is 17.9 Å². The highest BCUT2D eigenvalue weighted by molar-refractivity contribution is 6.03. The van der Waals surface area contributed by atoms with Gasteiger partial charge in [0.2, 0.25) is 0 Å². The molecule has 2 amide bonds. The molecule has 0 saturated carbocycles. The maximum atomic E-state index is 12.9. The van der Waals surface area contributed by atoms with Gasteiger partial charge in [0.25, 0.3) is 0 Å². The summed E-state index contributed by atoms with van der Waals surface area (Å²) in [5, 5.41) is 10.7. The molecule has 112 valence electrons. The van der Waals surface area contributed by atoms with Gasteiger partial charge in [-0.15, -0.1) is 0 Å². The average Bonchev–Trinajstić information content (AvgIpc) is 2.92. The zero-order chi connectivity index (χ0) is 15.5. The van der Waals surface area contributed by atoms with Gasteiger partial charge < -0.3 is 5.32 Å². The number of halogens is 1. The molecule has 1 unspecified atom stereocenters. The van der Waals surface area contributed by atoms with Crippen LogP contribution in [-0.2, 0) is 0 Å². The number of benzene rings is 2. The highest BCUT2D eigenvalue weighted by atomic mass is 19.1. The summed E-state index contributed by atoms with van der Waals surface area (Å²) in [6.07, 6.45) is 1.30. The first kappa shape index (κ1) is 14.3. The fourth-order valence-corrected chi connectivity index (χ4v) is 2.68. The van der Waals surface area contributed by atoms with Crippen LogP contribution in [0, 0.1) is 11.2 Å². The molecule has 1 atom stereocenters. The fraction of sp³-hybridized carbons (Fsp3) is 0.176. The van der Waals surface area contributed by atoms with Crippen LogP contribution in [0.5, 0.6) is 0 Å². The summed E-state index contributed by atoms with van der Waals surface area (Å²) >= 11 is 0. The highest BCUT2D eigenvalue weighted by Gasteiger charge is 2.34. The zero-order valence-electron chi connectivity index (χ0n) is 11.9. The number of carbonyl (C=O) groups excluding carboxylic acids is 1. The largest absolute Gasteiger partial charge is 0.327 e. The summed E-state index contributed by atoms with van der Waals surface area (Å²) in [6.45, 7) is 0. The first-order chi connectivity index (χ1) is 10.6. The van der Waals surface area contributed by atoms with Crippen molar-refractivity contribution < 1.29 is 9.18 Å². The molecule has 2 aromatic rings. The van der Waals surface area contributed by atoms with E-state index >= 15 is 0 Å². The SMILES string of the molecule is N=C1CCC(c2ccccc2)N1C(=O)Nc1ccc(F)cc1. The average molecular weight is 297 g/mol. The molecule has 1 heterocycles. The number of hydrogen-bond acceptors (Lipinski definition) is 2. The van der Waals surface area contributed by atoms with Crippen LogP contribution in [0.4, 0.5) is 14.9 Å². The van der Waals surface area contributed by atoms with Crippen LogP contribution in [0.3, 0.4) is 0 Å². The number of likely N-dealkylation sites (tertiary alicyclic amines) is 1. The molecule has 4 nitrogen and oxygen atoms in total. The summed E-state index contributed by atoms with van der Waals surface area (Å²) < 4.78 is 12.9.